The van der Waals surface area contributed by atoms with Crippen molar-refractivity contribution in [3.05, 3.63) is 60.4 Å². The Morgan fingerprint density at radius 1 is 0.889 bits per heavy atom. The Hall–Kier alpha value is -2.07. The molecule has 2 nitrogen and oxygen atoms in total. The van der Waals surface area contributed by atoms with E-state index in [1.807, 2.05) is 30.3 Å². The zero-order valence-corrected chi connectivity index (χ0v) is 10.2. The number of halogens is 1. The Bertz CT molecular complexity index is 664. The maximum absolute atomic E-state index is 13.6. The standard InChI is InChI=1S/C14H9FN2S/c15-12-9-5-4-8-11(12)13-16-14(18-17-13)10-6-2-1-3-7-10/h1-9H. The molecule has 0 fully saturated rings. The number of nitrogens with zero attached hydrogens (tertiary/aromatic N) is 2. The van der Waals surface area contributed by atoms with Crippen LogP contribution in [0, 0.1) is 5.82 Å². The topological polar surface area (TPSA) is 25.8 Å². The van der Waals surface area contributed by atoms with Gasteiger partial charge in [-0.15, -0.1) is 0 Å². The van der Waals surface area contributed by atoms with Crippen LogP contribution in [0.3, 0.4) is 0 Å². The Morgan fingerprint density at radius 3 is 2.39 bits per heavy atom. The van der Waals surface area contributed by atoms with Gasteiger partial charge in [-0.05, 0) is 23.7 Å². The lowest BCUT2D eigenvalue weighted by Gasteiger charge is -1.96. The zero-order valence-electron chi connectivity index (χ0n) is 9.38. The minimum atomic E-state index is -0.296. The summed E-state index contributed by atoms with van der Waals surface area (Å²) in [5.74, 6) is 0.145. The van der Waals surface area contributed by atoms with Gasteiger partial charge < -0.3 is 0 Å². The van der Waals surface area contributed by atoms with Crippen molar-refractivity contribution >= 4 is 11.5 Å². The number of benzene rings is 2. The molecule has 4 heteroatoms. The van der Waals surface area contributed by atoms with Gasteiger partial charge in [-0.3, -0.25) is 0 Å². The predicted octanol–water partition coefficient (Wildman–Crippen LogP) is 4.01. The average Bonchev–Trinajstić information content (AvgIpc) is 2.90. The first-order chi connectivity index (χ1) is 8.84. The molecule has 0 radical (unpaired) electrons. The minimum absolute atomic E-state index is 0.296. The van der Waals surface area contributed by atoms with Crippen LogP contribution in [0.5, 0.6) is 0 Å². The fourth-order valence-corrected chi connectivity index (χ4v) is 2.35. The summed E-state index contributed by atoms with van der Waals surface area (Å²) in [6.07, 6.45) is 0. The predicted molar refractivity (Wildman–Crippen MR) is 70.7 cm³/mol. The molecule has 2 aromatic carbocycles. The minimum Gasteiger partial charge on any atom is -0.214 e. The van der Waals surface area contributed by atoms with Crippen molar-refractivity contribution in [3.8, 4) is 22.0 Å². The summed E-state index contributed by atoms with van der Waals surface area (Å²) in [6, 6.07) is 16.3. The molecule has 0 bridgehead atoms. The molecule has 0 aliphatic carbocycles. The van der Waals surface area contributed by atoms with Crippen LogP contribution in [0.1, 0.15) is 0 Å². The lowest BCUT2D eigenvalue weighted by Crippen LogP contribution is -1.85. The third-order valence-corrected chi connectivity index (χ3v) is 3.33. The van der Waals surface area contributed by atoms with E-state index in [0.29, 0.717) is 11.4 Å². The molecule has 1 aromatic heterocycles. The Morgan fingerprint density at radius 2 is 1.61 bits per heavy atom. The molecular weight excluding hydrogens is 247 g/mol. The van der Waals surface area contributed by atoms with Gasteiger partial charge in [0.05, 0.1) is 5.56 Å². The molecule has 88 valence electrons. The molecule has 0 amide bonds. The molecule has 0 saturated heterocycles. The Kier molecular flexibility index (Phi) is 2.86. The van der Waals surface area contributed by atoms with Crippen LogP contribution < -0.4 is 0 Å². The summed E-state index contributed by atoms with van der Waals surface area (Å²) in [5, 5.41) is 0.800. The average molecular weight is 256 g/mol. The van der Waals surface area contributed by atoms with E-state index in [-0.39, 0.29) is 5.82 Å². The van der Waals surface area contributed by atoms with E-state index in [1.165, 1.54) is 17.6 Å². The number of rotatable bonds is 2. The molecule has 0 saturated carbocycles. The Balaban J connectivity index is 2.03. The van der Waals surface area contributed by atoms with Crippen LogP contribution in [-0.2, 0) is 0 Å². The molecule has 3 rings (SSSR count). The SMILES string of the molecule is Fc1ccccc1-c1nsc(-c2ccccc2)n1. The van der Waals surface area contributed by atoms with Gasteiger partial charge in [-0.2, -0.15) is 4.37 Å². The van der Waals surface area contributed by atoms with Gasteiger partial charge in [0.1, 0.15) is 10.8 Å². The van der Waals surface area contributed by atoms with Gasteiger partial charge in [0, 0.05) is 5.56 Å². The molecule has 18 heavy (non-hydrogen) atoms. The van der Waals surface area contributed by atoms with Gasteiger partial charge in [0.2, 0.25) is 0 Å². The van der Waals surface area contributed by atoms with Crippen LogP contribution in [0.25, 0.3) is 22.0 Å². The summed E-state index contributed by atoms with van der Waals surface area (Å²) in [5.41, 5.74) is 1.44. The monoisotopic (exact) mass is 256 g/mol. The second kappa shape index (κ2) is 4.66. The summed E-state index contributed by atoms with van der Waals surface area (Å²) < 4.78 is 17.8. The van der Waals surface area contributed by atoms with Crippen molar-refractivity contribution in [2.24, 2.45) is 0 Å². The highest BCUT2D eigenvalue weighted by molar-refractivity contribution is 7.09. The highest BCUT2D eigenvalue weighted by atomic mass is 32.1. The van der Waals surface area contributed by atoms with Crippen molar-refractivity contribution in [3.63, 3.8) is 0 Å². The lowest BCUT2D eigenvalue weighted by atomic mass is 10.2. The largest absolute Gasteiger partial charge is 0.214 e. The first-order valence-electron chi connectivity index (χ1n) is 5.48. The molecule has 0 unspecified atom stereocenters. The van der Waals surface area contributed by atoms with Crippen LogP contribution in [0.2, 0.25) is 0 Å². The number of hydrogen-bond acceptors (Lipinski definition) is 3. The normalized spacial score (nSPS) is 10.5. The molecule has 0 spiro atoms. The molecule has 0 N–H and O–H groups in total. The number of hydrogen-bond donors (Lipinski definition) is 0. The second-order valence-corrected chi connectivity index (χ2v) is 4.52. The molecule has 0 atom stereocenters. The molecule has 1 heterocycles. The maximum Gasteiger partial charge on any atom is 0.176 e. The first kappa shape index (κ1) is 11.0. The maximum atomic E-state index is 13.6. The van der Waals surface area contributed by atoms with Gasteiger partial charge in [-0.1, -0.05) is 42.5 Å². The van der Waals surface area contributed by atoms with Crippen molar-refractivity contribution in [1.29, 1.82) is 0 Å². The van der Waals surface area contributed by atoms with Gasteiger partial charge in [-0.25, -0.2) is 9.37 Å². The fourth-order valence-electron chi connectivity index (χ4n) is 1.67. The number of aromatic nitrogens is 2. The molecule has 3 aromatic rings. The zero-order chi connectivity index (χ0) is 12.4. The fraction of sp³-hybridized carbons (Fsp3) is 0. The van der Waals surface area contributed by atoms with Gasteiger partial charge >= 0.3 is 0 Å². The van der Waals surface area contributed by atoms with Crippen molar-refractivity contribution in [1.82, 2.24) is 9.36 Å². The van der Waals surface area contributed by atoms with E-state index in [9.17, 15) is 4.39 Å². The van der Waals surface area contributed by atoms with E-state index < -0.39 is 0 Å². The quantitative estimate of drug-likeness (QED) is 0.692. The second-order valence-electron chi connectivity index (χ2n) is 3.77. The van der Waals surface area contributed by atoms with E-state index in [4.69, 9.17) is 0 Å². The smallest absolute Gasteiger partial charge is 0.176 e. The van der Waals surface area contributed by atoms with E-state index in [1.54, 1.807) is 18.2 Å². The van der Waals surface area contributed by atoms with Crippen molar-refractivity contribution < 1.29 is 4.39 Å². The Labute approximate surface area is 108 Å². The molecule has 0 aliphatic rings. The third kappa shape index (κ3) is 2.02. The van der Waals surface area contributed by atoms with E-state index >= 15 is 0 Å². The summed E-state index contributed by atoms with van der Waals surface area (Å²) in [4.78, 5) is 4.38. The van der Waals surface area contributed by atoms with Crippen molar-refractivity contribution in [2.45, 2.75) is 0 Å². The summed E-state index contributed by atoms with van der Waals surface area (Å²) in [7, 11) is 0. The van der Waals surface area contributed by atoms with Crippen LogP contribution in [-0.4, -0.2) is 9.36 Å². The van der Waals surface area contributed by atoms with Gasteiger partial charge in [0.25, 0.3) is 0 Å². The summed E-state index contributed by atoms with van der Waals surface area (Å²) >= 11 is 1.28. The highest BCUT2D eigenvalue weighted by Gasteiger charge is 2.11. The molecular formula is C14H9FN2S. The van der Waals surface area contributed by atoms with E-state index in [2.05, 4.69) is 9.36 Å². The summed E-state index contributed by atoms with van der Waals surface area (Å²) in [6.45, 7) is 0. The van der Waals surface area contributed by atoms with Crippen LogP contribution in [0.15, 0.2) is 54.6 Å². The third-order valence-electron chi connectivity index (χ3n) is 2.56. The first-order valence-corrected chi connectivity index (χ1v) is 6.26. The van der Waals surface area contributed by atoms with Crippen LogP contribution in [0.4, 0.5) is 4.39 Å². The van der Waals surface area contributed by atoms with Gasteiger partial charge in [0.15, 0.2) is 5.82 Å². The highest BCUT2D eigenvalue weighted by Crippen LogP contribution is 2.26. The van der Waals surface area contributed by atoms with Crippen LogP contribution >= 0.6 is 11.5 Å². The van der Waals surface area contributed by atoms with Crippen molar-refractivity contribution in [2.75, 3.05) is 0 Å². The lowest BCUT2D eigenvalue weighted by molar-refractivity contribution is 0.630. The van der Waals surface area contributed by atoms with E-state index in [0.717, 1.165) is 10.6 Å². The molecule has 0 aliphatic heterocycles.